The fourth-order valence-corrected chi connectivity index (χ4v) is 5.59. The number of sulfonamides is 1. The Hall–Kier alpha value is -3.56. The summed E-state index contributed by atoms with van der Waals surface area (Å²) in [4.78, 5) is 13.1. The van der Waals surface area contributed by atoms with Crippen LogP contribution in [0.1, 0.15) is 22.3 Å². The Balaban J connectivity index is 1.60. The number of nitrogens with one attached hydrogen (secondary N) is 1. The van der Waals surface area contributed by atoms with E-state index in [2.05, 4.69) is 15.5 Å². The second kappa shape index (κ2) is 9.97. The van der Waals surface area contributed by atoms with Crippen LogP contribution in [0.2, 0.25) is 0 Å². The average Bonchev–Trinajstić information content (AvgIpc) is 3.28. The SMILES string of the molecule is Cc1ccc(-c2nnc(NC(=O)CN(c3ccc(C)c(C)c3)S(=O)(=O)c3ccc(C)cc3)s2)cc1. The van der Waals surface area contributed by atoms with Gasteiger partial charge in [0.1, 0.15) is 11.6 Å². The molecule has 0 unspecified atom stereocenters. The zero-order chi connectivity index (χ0) is 25.2. The number of benzene rings is 3. The molecule has 1 aromatic heterocycles. The van der Waals surface area contributed by atoms with Crippen molar-refractivity contribution < 1.29 is 13.2 Å². The molecule has 0 spiro atoms. The number of rotatable bonds is 7. The fraction of sp³-hybridized carbons (Fsp3) is 0.192. The summed E-state index contributed by atoms with van der Waals surface area (Å²) >= 11 is 1.23. The van der Waals surface area contributed by atoms with Crippen LogP contribution in [-0.2, 0) is 14.8 Å². The van der Waals surface area contributed by atoms with Gasteiger partial charge in [-0.25, -0.2) is 8.42 Å². The van der Waals surface area contributed by atoms with Crippen molar-refractivity contribution in [3.63, 3.8) is 0 Å². The Morgan fingerprint density at radius 1 is 0.857 bits per heavy atom. The summed E-state index contributed by atoms with van der Waals surface area (Å²) in [5, 5.41) is 11.9. The highest BCUT2D eigenvalue weighted by atomic mass is 32.2. The molecule has 7 nitrogen and oxygen atoms in total. The van der Waals surface area contributed by atoms with Crippen molar-refractivity contribution in [3.8, 4) is 10.6 Å². The largest absolute Gasteiger partial charge is 0.299 e. The molecule has 35 heavy (non-hydrogen) atoms. The average molecular weight is 507 g/mol. The summed E-state index contributed by atoms with van der Waals surface area (Å²) in [7, 11) is -3.99. The monoisotopic (exact) mass is 506 g/mol. The predicted octanol–water partition coefficient (Wildman–Crippen LogP) is 5.27. The van der Waals surface area contributed by atoms with E-state index in [1.165, 1.54) is 11.3 Å². The molecule has 0 saturated carbocycles. The second-order valence-electron chi connectivity index (χ2n) is 8.42. The number of carbonyl (C=O) groups is 1. The number of nitrogens with zero attached hydrogens (tertiary/aromatic N) is 3. The Morgan fingerprint density at radius 2 is 1.49 bits per heavy atom. The molecule has 0 aliphatic rings. The van der Waals surface area contributed by atoms with Gasteiger partial charge in [-0.2, -0.15) is 0 Å². The van der Waals surface area contributed by atoms with Crippen LogP contribution in [0.4, 0.5) is 10.8 Å². The van der Waals surface area contributed by atoms with Crippen molar-refractivity contribution in [1.82, 2.24) is 10.2 Å². The molecule has 3 aromatic carbocycles. The van der Waals surface area contributed by atoms with E-state index in [0.29, 0.717) is 15.8 Å². The maximum absolute atomic E-state index is 13.6. The third-order valence-electron chi connectivity index (χ3n) is 5.64. The molecule has 0 saturated heterocycles. The minimum absolute atomic E-state index is 0.117. The summed E-state index contributed by atoms with van der Waals surface area (Å²) in [5.74, 6) is -0.509. The maximum Gasteiger partial charge on any atom is 0.264 e. The molecule has 0 fully saturated rings. The highest BCUT2D eigenvalue weighted by Crippen LogP contribution is 2.28. The van der Waals surface area contributed by atoms with Gasteiger partial charge in [0.15, 0.2) is 0 Å². The van der Waals surface area contributed by atoms with E-state index in [1.54, 1.807) is 36.4 Å². The Morgan fingerprint density at radius 3 is 2.11 bits per heavy atom. The molecule has 1 amide bonds. The molecule has 9 heteroatoms. The third kappa shape index (κ3) is 5.58. The zero-order valence-corrected chi connectivity index (χ0v) is 21.6. The van der Waals surface area contributed by atoms with Gasteiger partial charge in [0.2, 0.25) is 11.0 Å². The molecule has 1 N–H and O–H groups in total. The number of aromatic nitrogens is 2. The van der Waals surface area contributed by atoms with Crippen LogP contribution in [0.15, 0.2) is 71.6 Å². The molecule has 180 valence electrons. The van der Waals surface area contributed by atoms with E-state index < -0.39 is 22.5 Å². The molecule has 0 aliphatic heterocycles. The van der Waals surface area contributed by atoms with Gasteiger partial charge in [-0.15, -0.1) is 10.2 Å². The van der Waals surface area contributed by atoms with Crippen LogP contribution in [0.25, 0.3) is 10.6 Å². The maximum atomic E-state index is 13.6. The molecule has 1 heterocycles. The molecular weight excluding hydrogens is 480 g/mol. The van der Waals surface area contributed by atoms with Gasteiger partial charge < -0.3 is 0 Å². The van der Waals surface area contributed by atoms with E-state index in [0.717, 1.165) is 32.1 Å². The van der Waals surface area contributed by atoms with Crippen LogP contribution in [0.3, 0.4) is 0 Å². The molecule has 0 bridgehead atoms. The summed E-state index contributed by atoms with van der Waals surface area (Å²) in [6.45, 7) is 7.34. The Labute approximate surface area is 209 Å². The molecule has 0 aliphatic carbocycles. The molecule has 0 atom stereocenters. The highest BCUT2D eigenvalue weighted by Gasteiger charge is 2.28. The van der Waals surface area contributed by atoms with Crippen LogP contribution >= 0.6 is 11.3 Å². The van der Waals surface area contributed by atoms with E-state index in [1.807, 2.05) is 58.0 Å². The van der Waals surface area contributed by atoms with E-state index >= 15 is 0 Å². The van der Waals surface area contributed by atoms with E-state index in [-0.39, 0.29) is 4.90 Å². The summed E-state index contributed by atoms with van der Waals surface area (Å²) in [5.41, 5.74) is 5.35. The van der Waals surface area contributed by atoms with E-state index in [4.69, 9.17) is 0 Å². The molecule has 4 rings (SSSR count). The van der Waals surface area contributed by atoms with Gasteiger partial charge in [0.25, 0.3) is 10.0 Å². The van der Waals surface area contributed by atoms with Crippen LogP contribution < -0.4 is 9.62 Å². The molecule has 0 radical (unpaired) electrons. The minimum Gasteiger partial charge on any atom is -0.299 e. The number of anilines is 2. The van der Waals surface area contributed by atoms with Crippen molar-refractivity contribution in [2.75, 3.05) is 16.2 Å². The van der Waals surface area contributed by atoms with Gasteiger partial charge in [0, 0.05) is 5.56 Å². The number of hydrogen-bond donors (Lipinski definition) is 1. The fourth-order valence-electron chi connectivity index (χ4n) is 3.41. The number of aryl methyl sites for hydroxylation is 4. The van der Waals surface area contributed by atoms with Crippen molar-refractivity contribution >= 4 is 38.1 Å². The summed E-state index contributed by atoms with van der Waals surface area (Å²) in [6.07, 6.45) is 0. The van der Waals surface area contributed by atoms with Crippen molar-refractivity contribution in [2.24, 2.45) is 0 Å². The van der Waals surface area contributed by atoms with Gasteiger partial charge in [-0.05, 0) is 63.1 Å². The van der Waals surface area contributed by atoms with Gasteiger partial charge in [0.05, 0.1) is 10.6 Å². The quantitative estimate of drug-likeness (QED) is 0.369. The first-order valence-corrected chi connectivity index (χ1v) is 13.3. The van der Waals surface area contributed by atoms with Gasteiger partial charge in [-0.3, -0.25) is 14.4 Å². The van der Waals surface area contributed by atoms with Crippen LogP contribution in [0.5, 0.6) is 0 Å². The highest BCUT2D eigenvalue weighted by molar-refractivity contribution is 7.92. The van der Waals surface area contributed by atoms with Crippen molar-refractivity contribution in [1.29, 1.82) is 0 Å². The standard InChI is InChI=1S/C26H26N4O3S2/c1-17-5-10-21(11-6-17)25-28-29-26(34-25)27-24(31)16-30(22-12-9-19(3)20(4)15-22)35(32,33)23-13-7-18(2)8-14-23/h5-15H,16H2,1-4H3,(H,27,29,31). The third-order valence-corrected chi connectivity index (χ3v) is 8.32. The van der Waals surface area contributed by atoms with Crippen molar-refractivity contribution in [2.45, 2.75) is 32.6 Å². The number of amides is 1. The molecular formula is C26H26N4O3S2. The zero-order valence-electron chi connectivity index (χ0n) is 19.9. The smallest absolute Gasteiger partial charge is 0.264 e. The number of carbonyl (C=O) groups excluding carboxylic acids is 1. The topological polar surface area (TPSA) is 92.3 Å². The first-order valence-electron chi connectivity index (χ1n) is 11.0. The summed E-state index contributed by atoms with van der Waals surface area (Å²) in [6, 6.07) is 19.7. The lowest BCUT2D eigenvalue weighted by molar-refractivity contribution is -0.114. The second-order valence-corrected chi connectivity index (χ2v) is 11.3. The number of hydrogen-bond acceptors (Lipinski definition) is 6. The lowest BCUT2D eigenvalue weighted by atomic mass is 10.1. The predicted molar refractivity (Wildman–Crippen MR) is 140 cm³/mol. The van der Waals surface area contributed by atoms with Gasteiger partial charge in [-0.1, -0.05) is 64.9 Å². The summed E-state index contributed by atoms with van der Waals surface area (Å²) < 4.78 is 28.3. The first kappa shape index (κ1) is 24.6. The Kier molecular flexibility index (Phi) is 7.00. The van der Waals surface area contributed by atoms with Gasteiger partial charge >= 0.3 is 0 Å². The lowest BCUT2D eigenvalue weighted by Crippen LogP contribution is -2.38. The molecule has 4 aromatic rings. The minimum atomic E-state index is -3.99. The Bertz CT molecular complexity index is 1460. The lowest BCUT2D eigenvalue weighted by Gasteiger charge is -2.24. The normalized spacial score (nSPS) is 11.3. The van der Waals surface area contributed by atoms with Crippen LogP contribution in [-0.4, -0.2) is 31.1 Å². The first-order chi connectivity index (χ1) is 16.6. The van der Waals surface area contributed by atoms with E-state index in [9.17, 15) is 13.2 Å². The van der Waals surface area contributed by atoms with Crippen molar-refractivity contribution in [3.05, 3.63) is 89.0 Å². The van der Waals surface area contributed by atoms with Crippen LogP contribution in [0, 0.1) is 27.7 Å².